The molecule has 1 atom stereocenters. The largest absolute Gasteiger partial charge is 0.485 e. The maximum absolute atomic E-state index is 12.2. The lowest BCUT2D eigenvalue weighted by Gasteiger charge is -2.25. The van der Waals surface area contributed by atoms with Gasteiger partial charge in [0.1, 0.15) is 6.61 Å². The molecule has 0 bridgehead atoms. The molecule has 0 fully saturated rings. The average Bonchev–Trinajstić information content (AvgIpc) is 2.67. The number of halogens is 1. The lowest BCUT2D eigenvalue weighted by molar-refractivity contribution is -0.159. The molecule has 0 aliphatic carbocycles. The Morgan fingerprint density at radius 3 is 2.58 bits per heavy atom. The number of rotatable bonds is 5. The van der Waals surface area contributed by atoms with Crippen LogP contribution in [-0.4, -0.2) is 43.1 Å². The van der Waals surface area contributed by atoms with Gasteiger partial charge in [-0.2, -0.15) is 0 Å². The Hall–Kier alpha value is -2.73. The number of ether oxygens (including phenoxy) is 3. The SMILES string of the molecule is CN(Cc1ccc(Cl)cc1)C(=O)COC(=O)[C@H]1COc2ccccc2O1. The standard InChI is InChI=1S/C19H18ClNO5/c1-21(10-13-6-8-14(20)9-7-13)18(22)12-25-19(23)17-11-24-15-4-2-3-5-16(15)26-17/h2-9,17H,10-12H2,1H3/t17-/m1/s1. The Morgan fingerprint density at radius 2 is 1.85 bits per heavy atom. The van der Waals surface area contributed by atoms with E-state index in [2.05, 4.69) is 0 Å². The first kappa shape index (κ1) is 18.1. The van der Waals surface area contributed by atoms with E-state index in [-0.39, 0.29) is 19.1 Å². The smallest absolute Gasteiger partial charge is 0.351 e. The number of amides is 1. The van der Waals surface area contributed by atoms with Crippen molar-refractivity contribution in [2.75, 3.05) is 20.3 Å². The van der Waals surface area contributed by atoms with Crippen LogP contribution < -0.4 is 9.47 Å². The molecule has 0 aromatic heterocycles. The molecule has 1 aliphatic heterocycles. The van der Waals surface area contributed by atoms with Crippen LogP contribution in [0.1, 0.15) is 5.56 Å². The second-order valence-electron chi connectivity index (χ2n) is 5.85. The summed E-state index contributed by atoms with van der Waals surface area (Å²) in [6.07, 6.45) is -0.890. The lowest BCUT2D eigenvalue weighted by atomic mass is 10.2. The predicted molar refractivity (Wildman–Crippen MR) is 95.2 cm³/mol. The molecule has 3 rings (SSSR count). The number of hydrogen-bond donors (Lipinski definition) is 0. The quantitative estimate of drug-likeness (QED) is 0.752. The lowest BCUT2D eigenvalue weighted by Crippen LogP contribution is -2.40. The van der Waals surface area contributed by atoms with E-state index in [0.29, 0.717) is 23.1 Å². The highest BCUT2D eigenvalue weighted by Crippen LogP contribution is 2.31. The Kier molecular flexibility index (Phi) is 5.63. The summed E-state index contributed by atoms with van der Waals surface area (Å²) >= 11 is 5.84. The molecule has 2 aromatic rings. The molecule has 1 amide bonds. The Morgan fingerprint density at radius 1 is 1.15 bits per heavy atom. The van der Waals surface area contributed by atoms with Gasteiger partial charge in [0.2, 0.25) is 6.10 Å². The number of hydrogen-bond acceptors (Lipinski definition) is 5. The van der Waals surface area contributed by atoms with Crippen molar-refractivity contribution in [3.8, 4) is 11.5 Å². The van der Waals surface area contributed by atoms with Crippen molar-refractivity contribution in [3.63, 3.8) is 0 Å². The van der Waals surface area contributed by atoms with Crippen molar-refractivity contribution in [2.24, 2.45) is 0 Å². The van der Waals surface area contributed by atoms with Gasteiger partial charge in [-0.25, -0.2) is 4.79 Å². The first-order valence-electron chi connectivity index (χ1n) is 8.06. The van der Waals surface area contributed by atoms with Crippen LogP contribution in [0.2, 0.25) is 5.02 Å². The van der Waals surface area contributed by atoms with Crippen LogP contribution in [0.25, 0.3) is 0 Å². The summed E-state index contributed by atoms with van der Waals surface area (Å²) in [7, 11) is 1.64. The predicted octanol–water partition coefficient (Wildman–Crippen LogP) is 2.68. The number of benzene rings is 2. The van der Waals surface area contributed by atoms with Gasteiger partial charge in [-0.1, -0.05) is 35.9 Å². The zero-order chi connectivity index (χ0) is 18.5. The van der Waals surface area contributed by atoms with Gasteiger partial charge in [0.15, 0.2) is 18.1 Å². The third-order valence-corrected chi connectivity index (χ3v) is 4.12. The Bertz CT molecular complexity index is 793. The second kappa shape index (κ2) is 8.10. The average molecular weight is 376 g/mol. The number of esters is 1. The number of likely N-dealkylation sites (N-methyl/N-ethyl adjacent to an activating group) is 1. The van der Waals surface area contributed by atoms with Crippen LogP contribution in [-0.2, 0) is 20.9 Å². The summed E-state index contributed by atoms with van der Waals surface area (Å²) < 4.78 is 16.1. The number of fused-ring (bicyclic) bond motifs is 1. The van der Waals surface area contributed by atoms with Crippen molar-refractivity contribution < 1.29 is 23.8 Å². The first-order valence-corrected chi connectivity index (χ1v) is 8.44. The minimum Gasteiger partial charge on any atom is -0.485 e. The number of carbonyl (C=O) groups is 2. The van der Waals surface area contributed by atoms with Gasteiger partial charge in [0, 0.05) is 18.6 Å². The van der Waals surface area contributed by atoms with E-state index >= 15 is 0 Å². The van der Waals surface area contributed by atoms with E-state index in [4.69, 9.17) is 25.8 Å². The third-order valence-electron chi connectivity index (χ3n) is 3.87. The minimum atomic E-state index is -0.890. The van der Waals surface area contributed by atoms with Crippen molar-refractivity contribution in [1.29, 1.82) is 0 Å². The Balaban J connectivity index is 1.48. The molecule has 7 heteroatoms. The van der Waals surface area contributed by atoms with Gasteiger partial charge >= 0.3 is 5.97 Å². The first-order chi connectivity index (χ1) is 12.5. The van der Waals surface area contributed by atoms with Gasteiger partial charge < -0.3 is 19.1 Å². The van der Waals surface area contributed by atoms with Gasteiger partial charge in [-0.15, -0.1) is 0 Å². The molecule has 0 spiro atoms. The fraction of sp³-hybridized carbons (Fsp3) is 0.263. The number of carbonyl (C=O) groups excluding carboxylic acids is 2. The number of nitrogens with zero attached hydrogens (tertiary/aromatic N) is 1. The highest BCUT2D eigenvalue weighted by atomic mass is 35.5. The molecule has 1 heterocycles. The van der Waals surface area contributed by atoms with Crippen molar-refractivity contribution in [3.05, 3.63) is 59.1 Å². The minimum absolute atomic E-state index is 0.0463. The van der Waals surface area contributed by atoms with E-state index in [1.807, 2.05) is 18.2 Å². The molecule has 0 unspecified atom stereocenters. The topological polar surface area (TPSA) is 65.1 Å². The summed E-state index contributed by atoms with van der Waals surface area (Å²) in [6.45, 7) is 0.0824. The van der Waals surface area contributed by atoms with E-state index in [1.54, 1.807) is 37.4 Å². The molecule has 1 aliphatic rings. The highest BCUT2D eigenvalue weighted by Gasteiger charge is 2.29. The van der Waals surface area contributed by atoms with Crippen LogP contribution in [0.4, 0.5) is 0 Å². The molecular weight excluding hydrogens is 358 g/mol. The fourth-order valence-corrected chi connectivity index (χ4v) is 2.55. The molecular formula is C19H18ClNO5. The van der Waals surface area contributed by atoms with Gasteiger partial charge in [0.05, 0.1) is 0 Å². The molecule has 0 radical (unpaired) electrons. The van der Waals surface area contributed by atoms with Crippen LogP contribution in [0.3, 0.4) is 0 Å². The van der Waals surface area contributed by atoms with E-state index in [9.17, 15) is 9.59 Å². The van der Waals surface area contributed by atoms with Gasteiger partial charge in [-0.05, 0) is 29.8 Å². The highest BCUT2D eigenvalue weighted by molar-refractivity contribution is 6.30. The van der Waals surface area contributed by atoms with Crippen molar-refractivity contribution in [2.45, 2.75) is 12.6 Å². The molecule has 0 saturated carbocycles. The van der Waals surface area contributed by atoms with Crippen LogP contribution in [0.15, 0.2) is 48.5 Å². The zero-order valence-electron chi connectivity index (χ0n) is 14.2. The summed E-state index contributed by atoms with van der Waals surface area (Å²) in [5.41, 5.74) is 0.928. The molecule has 0 saturated heterocycles. The fourth-order valence-electron chi connectivity index (χ4n) is 2.42. The van der Waals surface area contributed by atoms with Crippen LogP contribution in [0.5, 0.6) is 11.5 Å². The van der Waals surface area contributed by atoms with E-state index in [1.165, 1.54) is 4.90 Å². The molecule has 26 heavy (non-hydrogen) atoms. The van der Waals surface area contributed by atoms with Gasteiger partial charge in [-0.3, -0.25) is 4.79 Å². The monoisotopic (exact) mass is 375 g/mol. The van der Waals surface area contributed by atoms with Crippen LogP contribution >= 0.6 is 11.6 Å². The summed E-state index contributed by atoms with van der Waals surface area (Å²) in [6, 6.07) is 14.2. The number of para-hydroxylation sites is 2. The molecule has 136 valence electrons. The normalized spacial score (nSPS) is 15.2. The molecule has 2 aromatic carbocycles. The maximum atomic E-state index is 12.2. The van der Waals surface area contributed by atoms with Crippen LogP contribution in [0, 0.1) is 0 Å². The van der Waals surface area contributed by atoms with Crippen molar-refractivity contribution in [1.82, 2.24) is 4.90 Å². The summed E-state index contributed by atoms with van der Waals surface area (Å²) in [4.78, 5) is 25.7. The maximum Gasteiger partial charge on any atom is 0.351 e. The van der Waals surface area contributed by atoms with Crippen molar-refractivity contribution >= 4 is 23.5 Å². The Labute approximate surface area is 156 Å². The van der Waals surface area contributed by atoms with Gasteiger partial charge in [0.25, 0.3) is 5.91 Å². The third kappa shape index (κ3) is 4.46. The molecule has 6 nitrogen and oxygen atoms in total. The zero-order valence-corrected chi connectivity index (χ0v) is 14.9. The second-order valence-corrected chi connectivity index (χ2v) is 6.28. The molecule has 0 N–H and O–H groups in total. The van der Waals surface area contributed by atoms with E-state index < -0.39 is 12.1 Å². The summed E-state index contributed by atoms with van der Waals surface area (Å²) in [5, 5.41) is 0.632. The van der Waals surface area contributed by atoms with E-state index in [0.717, 1.165) is 5.56 Å². The summed E-state index contributed by atoms with van der Waals surface area (Å²) in [5.74, 6) is 0.111.